The van der Waals surface area contributed by atoms with Crippen molar-refractivity contribution >= 4 is 0 Å². The molecule has 5 nitrogen and oxygen atoms in total. The predicted octanol–water partition coefficient (Wildman–Crippen LogP) is 0.984. The van der Waals surface area contributed by atoms with Crippen LogP contribution >= 0.6 is 0 Å². The molecule has 2 atom stereocenters. The van der Waals surface area contributed by atoms with Crippen LogP contribution in [0.3, 0.4) is 0 Å². The molecule has 0 saturated carbocycles. The minimum absolute atomic E-state index is 0.554. The largest absolute Gasteiger partial charge is 0.316 e. The Labute approximate surface area is 108 Å². The fourth-order valence-electron chi connectivity index (χ4n) is 3.30. The molecule has 2 unspecified atom stereocenters. The highest BCUT2D eigenvalue weighted by molar-refractivity contribution is 4.97. The standard InChI is InChI=1S/C13H23N5/c1-3-11(7-14-5-1)8-18-6-2-4-12(9-18)13-15-10-16-17-13/h10-12,14H,1-9H2,(H,15,16,17). The molecule has 100 valence electrons. The molecule has 18 heavy (non-hydrogen) atoms. The van der Waals surface area contributed by atoms with E-state index in [9.17, 15) is 0 Å². The maximum Gasteiger partial charge on any atom is 0.137 e. The zero-order chi connectivity index (χ0) is 12.2. The Bertz CT molecular complexity index is 344. The lowest BCUT2D eigenvalue weighted by Gasteiger charge is -2.35. The summed E-state index contributed by atoms with van der Waals surface area (Å²) in [6.45, 7) is 6.05. The Morgan fingerprint density at radius 1 is 1.33 bits per heavy atom. The number of aromatic nitrogens is 3. The van der Waals surface area contributed by atoms with Crippen LogP contribution < -0.4 is 5.32 Å². The topological polar surface area (TPSA) is 56.8 Å². The molecule has 2 saturated heterocycles. The summed E-state index contributed by atoms with van der Waals surface area (Å²) in [5.74, 6) is 2.46. The Hall–Kier alpha value is -0.940. The molecule has 3 rings (SSSR count). The van der Waals surface area contributed by atoms with Crippen molar-refractivity contribution in [1.29, 1.82) is 0 Å². The molecule has 1 aromatic heterocycles. The summed E-state index contributed by atoms with van der Waals surface area (Å²) in [4.78, 5) is 6.93. The molecule has 2 aliphatic heterocycles. The van der Waals surface area contributed by atoms with Crippen molar-refractivity contribution in [2.24, 2.45) is 5.92 Å². The van der Waals surface area contributed by atoms with Gasteiger partial charge in [0, 0.05) is 19.0 Å². The third-order valence-electron chi connectivity index (χ3n) is 4.24. The molecular formula is C13H23N5. The van der Waals surface area contributed by atoms with E-state index >= 15 is 0 Å². The summed E-state index contributed by atoms with van der Waals surface area (Å²) in [5.41, 5.74) is 0. The predicted molar refractivity (Wildman–Crippen MR) is 70.4 cm³/mol. The lowest BCUT2D eigenvalue weighted by atomic mass is 9.94. The molecule has 1 aromatic rings. The SMILES string of the molecule is c1n[nH]c(C2CCCN(CC3CCCNC3)C2)n1. The summed E-state index contributed by atoms with van der Waals surface area (Å²) in [5, 5.41) is 10.5. The maximum atomic E-state index is 4.32. The molecule has 0 amide bonds. The fourth-order valence-corrected chi connectivity index (χ4v) is 3.30. The molecule has 0 spiro atoms. The van der Waals surface area contributed by atoms with Crippen LogP contribution in [0.15, 0.2) is 6.33 Å². The first-order valence-corrected chi connectivity index (χ1v) is 7.20. The third-order valence-corrected chi connectivity index (χ3v) is 4.24. The van der Waals surface area contributed by atoms with Gasteiger partial charge in [0.2, 0.25) is 0 Å². The first-order chi connectivity index (χ1) is 8.92. The monoisotopic (exact) mass is 249 g/mol. The van der Waals surface area contributed by atoms with Gasteiger partial charge in [0.05, 0.1) is 0 Å². The van der Waals surface area contributed by atoms with Gasteiger partial charge in [0.25, 0.3) is 0 Å². The maximum absolute atomic E-state index is 4.32. The summed E-state index contributed by atoms with van der Waals surface area (Å²) in [7, 11) is 0. The van der Waals surface area contributed by atoms with Crippen molar-refractivity contribution in [2.45, 2.75) is 31.6 Å². The van der Waals surface area contributed by atoms with Crippen LogP contribution in [0.2, 0.25) is 0 Å². The summed E-state index contributed by atoms with van der Waals surface area (Å²) >= 11 is 0. The van der Waals surface area contributed by atoms with E-state index in [2.05, 4.69) is 25.4 Å². The van der Waals surface area contributed by atoms with Crippen molar-refractivity contribution in [3.8, 4) is 0 Å². The van der Waals surface area contributed by atoms with Crippen molar-refractivity contribution in [2.75, 3.05) is 32.7 Å². The quantitative estimate of drug-likeness (QED) is 0.838. The van der Waals surface area contributed by atoms with Crippen molar-refractivity contribution in [1.82, 2.24) is 25.4 Å². The van der Waals surface area contributed by atoms with Crippen LogP contribution in [0.1, 0.15) is 37.4 Å². The average molecular weight is 249 g/mol. The first kappa shape index (κ1) is 12.1. The van der Waals surface area contributed by atoms with Crippen LogP contribution in [-0.4, -0.2) is 52.8 Å². The zero-order valence-corrected chi connectivity index (χ0v) is 10.9. The smallest absolute Gasteiger partial charge is 0.137 e. The number of hydrogen-bond donors (Lipinski definition) is 2. The fraction of sp³-hybridized carbons (Fsp3) is 0.846. The molecule has 0 aliphatic carbocycles. The summed E-state index contributed by atoms with van der Waals surface area (Å²) < 4.78 is 0. The van der Waals surface area contributed by atoms with Crippen molar-refractivity contribution in [3.63, 3.8) is 0 Å². The van der Waals surface area contributed by atoms with Crippen LogP contribution in [0.4, 0.5) is 0 Å². The molecule has 3 heterocycles. The van der Waals surface area contributed by atoms with Crippen LogP contribution in [0, 0.1) is 5.92 Å². The average Bonchev–Trinajstić information content (AvgIpc) is 2.94. The lowest BCUT2D eigenvalue weighted by Crippen LogP contribution is -2.42. The highest BCUT2D eigenvalue weighted by atomic mass is 15.2. The normalized spacial score (nSPS) is 30.4. The molecule has 5 heteroatoms. The van der Waals surface area contributed by atoms with Gasteiger partial charge >= 0.3 is 0 Å². The van der Waals surface area contributed by atoms with E-state index in [1.165, 1.54) is 51.9 Å². The molecule has 2 aliphatic rings. The van der Waals surface area contributed by atoms with Gasteiger partial charge in [-0.1, -0.05) is 0 Å². The van der Waals surface area contributed by atoms with Crippen LogP contribution in [0.25, 0.3) is 0 Å². The van der Waals surface area contributed by atoms with Gasteiger partial charge in [-0.25, -0.2) is 4.98 Å². The Balaban J connectivity index is 1.53. The van der Waals surface area contributed by atoms with Gasteiger partial charge in [0.1, 0.15) is 12.2 Å². The number of likely N-dealkylation sites (tertiary alicyclic amines) is 1. The third kappa shape index (κ3) is 2.90. The Kier molecular flexibility index (Phi) is 3.90. The van der Waals surface area contributed by atoms with Crippen molar-refractivity contribution in [3.05, 3.63) is 12.2 Å². The second-order valence-electron chi connectivity index (χ2n) is 5.68. The van der Waals surface area contributed by atoms with Gasteiger partial charge in [-0.3, -0.25) is 5.10 Å². The molecule has 2 N–H and O–H groups in total. The summed E-state index contributed by atoms with van der Waals surface area (Å²) in [6.07, 6.45) is 6.87. The van der Waals surface area contributed by atoms with Gasteiger partial charge in [-0.15, -0.1) is 0 Å². The van der Waals surface area contributed by atoms with Gasteiger partial charge in [-0.2, -0.15) is 5.10 Å². The zero-order valence-electron chi connectivity index (χ0n) is 10.9. The van der Waals surface area contributed by atoms with Gasteiger partial charge < -0.3 is 10.2 Å². The first-order valence-electron chi connectivity index (χ1n) is 7.20. The molecule has 0 aromatic carbocycles. The second-order valence-corrected chi connectivity index (χ2v) is 5.68. The Morgan fingerprint density at radius 3 is 3.11 bits per heavy atom. The number of nitrogens with one attached hydrogen (secondary N) is 2. The van der Waals surface area contributed by atoms with E-state index < -0.39 is 0 Å². The van der Waals surface area contributed by atoms with E-state index in [0.29, 0.717) is 5.92 Å². The number of piperidine rings is 2. The lowest BCUT2D eigenvalue weighted by molar-refractivity contribution is 0.163. The minimum Gasteiger partial charge on any atom is -0.316 e. The number of hydrogen-bond acceptors (Lipinski definition) is 4. The number of aromatic amines is 1. The van der Waals surface area contributed by atoms with E-state index in [-0.39, 0.29) is 0 Å². The van der Waals surface area contributed by atoms with E-state index in [0.717, 1.165) is 18.3 Å². The molecule has 2 fully saturated rings. The minimum atomic E-state index is 0.554. The molecule has 0 bridgehead atoms. The Morgan fingerprint density at radius 2 is 2.33 bits per heavy atom. The van der Waals surface area contributed by atoms with Crippen molar-refractivity contribution < 1.29 is 0 Å². The van der Waals surface area contributed by atoms with Crippen LogP contribution in [-0.2, 0) is 0 Å². The number of H-pyrrole nitrogens is 1. The second kappa shape index (κ2) is 5.80. The summed E-state index contributed by atoms with van der Waals surface area (Å²) in [6, 6.07) is 0. The van der Waals surface area contributed by atoms with E-state index in [4.69, 9.17) is 0 Å². The van der Waals surface area contributed by atoms with E-state index in [1.54, 1.807) is 6.33 Å². The van der Waals surface area contributed by atoms with Crippen LogP contribution in [0.5, 0.6) is 0 Å². The number of nitrogens with zero attached hydrogens (tertiary/aromatic N) is 3. The highest BCUT2D eigenvalue weighted by Crippen LogP contribution is 2.25. The number of rotatable bonds is 3. The highest BCUT2D eigenvalue weighted by Gasteiger charge is 2.25. The molecule has 0 radical (unpaired) electrons. The van der Waals surface area contributed by atoms with Gasteiger partial charge in [-0.05, 0) is 51.2 Å². The van der Waals surface area contributed by atoms with Gasteiger partial charge in [0.15, 0.2) is 0 Å². The molecular weight excluding hydrogens is 226 g/mol. The van der Waals surface area contributed by atoms with E-state index in [1.807, 2.05) is 0 Å².